The van der Waals surface area contributed by atoms with E-state index < -0.39 is 0 Å². The van der Waals surface area contributed by atoms with E-state index in [1.54, 1.807) is 18.2 Å². The summed E-state index contributed by atoms with van der Waals surface area (Å²) in [4.78, 5) is 11.8. The van der Waals surface area contributed by atoms with Crippen molar-refractivity contribution in [3.8, 4) is 0 Å². The number of rotatable bonds is 6. The Labute approximate surface area is 124 Å². The molecule has 0 saturated heterocycles. The van der Waals surface area contributed by atoms with Crippen molar-refractivity contribution in [1.29, 1.82) is 0 Å². The Kier molecular flexibility index (Phi) is 7.03. The third kappa shape index (κ3) is 6.17. The predicted octanol–water partition coefficient (Wildman–Crippen LogP) is 5.08. The molecular formula is C14H20Cl2N2O. The molecule has 0 aliphatic rings. The normalized spacial score (nSPS) is 12.0. The summed E-state index contributed by atoms with van der Waals surface area (Å²) in [5.74, 6) is 0. The number of hydrogen-bond donors (Lipinski definition) is 2. The molecule has 0 heterocycles. The molecule has 106 valence electrons. The molecule has 0 spiro atoms. The predicted molar refractivity (Wildman–Crippen MR) is 82.2 cm³/mol. The van der Waals surface area contributed by atoms with Gasteiger partial charge in [0.25, 0.3) is 0 Å². The number of unbranched alkanes of at least 4 members (excludes halogenated alkanes) is 2. The van der Waals surface area contributed by atoms with Crippen LogP contribution in [-0.4, -0.2) is 12.1 Å². The van der Waals surface area contributed by atoms with Crippen LogP contribution in [0.25, 0.3) is 0 Å². The van der Waals surface area contributed by atoms with Gasteiger partial charge in [-0.25, -0.2) is 4.79 Å². The Morgan fingerprint density at radius 2 is 2.00 bits per heavy atom. The van der Waals surface area contributed by atoms with E-state index in [2.05, 4.69) is 17.6 Å². The average molecular weight is 303 g/mol. The fourth-order valence-electron chi connectivity index (χ4n) is 1.74. The van der Waals surface area contributed by atoms with Crippen LogP contribution in [0.2, 0.25) is 10.0 Å². The number of nitrogens with one attached hydrogen (secondary N) is 2. The molecule has 0 aromatic heterocycles. The first-order chi connectivity index (χ1) is 9.02. The Balaban J connectivity index is 2.39. The zero-order chi connectivity index (χ0) is 14.3. The number of carbonyl (C=O) groups excluding carboxylic acids is 1. The summed E-state index contributed by atoms with van der Waals surface area (Å²) in [5, 5.41) is 6.53. The van der Waals surface area contributed by atoms with Gasteiger partial charge in [0.15, 0.2) is 0 Å². The van der Waals surface area contributed by atoms with Gasteiger partial charge < -0.3 is 10.6 Å². The fraction of sp³-hybridized carbons (Fsp3) is 0.500. The van der Waals surface area contributed by atoms with Crippen molar-refractivity contribution < 1.29 is 4.79 Å². The van der Waals surface area contributed by atoms with Crippen LogP contribution in [0.15, 0.2) is 18.2 Å². The van der Waals surface area contributed by atoms with Gasteiger partial charge in [-0.3, -0.25) is 0 Å². The Morgan fingerprint density at radius 3 is 2.63 bits per heavy atom. The Morgan fingerprint density at radius 1 is 1.26 bits per heavy atom. The summed E-state index contributed by atoms with van der Waals surface area (Å²) >= 11 is 11.7. The first kappa shape index (κ1) is 16.1. The first-order valence-electron chi connectivity index (χ1n) is 6.55. The van der Waals surface area contributed by atoms with Crippen LogP contribution < -0.4 is 10.6 Å². The molecular weight excluding hydrogens is 283 g/mol. The lowest BCUT2D eigenvalue weighted by Gasteiger charge is -2.14. The molecule has 0 aliphatic carbocycles. The van der Waals surface area contributed by atoms with Crippen molar-refractivity contribution in [3.63, 3.8) is 0 Å². The summed E-state index contributed by atoms with van der Waals surface area (Å²) in [7, 11) is 0. The monoisotopic (exact) mass is 302 g/mol. The number of halogens is 2. The summed E-state index contributed by atoms with van der Waals surface area (Å²) in [6, 6.07) is 4.95. The molecule has 0 aliphatic heterocycles. The third-order valence-corrected chi connectivity index (χ3v) is 3.53. The zero-order valence-electron chi connectivity index (χ0n) is 11.3. The van der Waals surface area contributed by atoms with Crippen LogP contribution in [-0.2, 0) is 0 Å². The van der Waals surface area contributed by atoms with Gasteiger partial charge in [0.1, 0.15) is 0 Å². The maximum atomic E-state index is 11.8. The highest BCUT2D eigenvalue weighted by Crippen LogP contribution is 2.24. The van der Waals surface area contributed by atoms with E-state index in [0.717, 1.165) is 12.8 Å². The Bertz CT molecular complexity index is 424. The molecule has 3 nitrogen and oxygen atoms in total. The molecule has 1 aromatic carbocycles. The van der Waals surface area contributed by atoms with E-state index in [-0.39, 0.29) is 12.1 Å². The highest BCUT2D eigenvalue weighted by atomic mass is 35.5. The molecule has 1 atom stereocenters. The molecule has 0 bridgehead atoms. The summed E-state index contributed by atoms with van der Waals surface area (Å²) in [6.45, 7) is 4.17. The van der Waals surface area contributed by atoms with Crippen LogP contribution in [0.5, 0.6) is 0 Å². The SMILES string of the molecule is CCCCC[C@H](C)NC(=O)Nc1ccc(Cl)c(Cl)c1. The average Bonchev–Trinajstić information content (AvgIpc) is 2.34. The minimum absolute atomic E-state index is 0.161. The number of hydrogen-bond acceptors (Lipinski definition) is 1. The molecule has 2 amide bonds. The number of urea groups is 1. The molecule has 2 N–H and O–H groups in total. The van der Waals surface area contributed by atoms with Gasteiger partial charge in [0.05, 0.1) is 10.0 Å². The fourth-order valence-corrected chi connectivity index (χ4v) is 2.04. The zero-order valence-corrected chi connectivity index (χ0v) is 12.8. The van der Waals surface area contributed by atoms with E-state index in [9.17, 15) is 4.79 Å². The van der Waals surface area contributed by atoms with Gasteiger partial charge in [0, 0.05) is 11.7 Å². The van der Waals surface area contributed by atoms with Gasteiger partial charge in [-0.1, -0.05) is 49.4 Å². The van der Waals surface area contributed by atoms with Crippen molar-refractivity contribution in [2.45, 2.75) is 45.6 Å². The summed E-state index contributed by atoms with van der Waals surface area (Å²) in [6.07, 6.45) is 4.50. The lowest BCUT2D eigenvalue weighted by molar-refractivity contribution is 0.248. The molecule has 1 aromatic rings. The van der Waals surface area contributed by atoms with Crippen molar-refractivity contribution >= 4 is 34.9 Å². The second kappa shape index (κ2) is 8.28. The van der Waals surface area contributed by atoms with Crippen molar-refractivity contribution in [3.05, 3.63) is 28.2 Å². The standard InChI is InChI=1S/C14H20Cl2N2O/c1-3-4-5-6-10(2)17-14(19)18-11-7-8-12(15)13(16)9-11/h7-10H,3-6H2,1-2H3,(H2,17,18,19)/t10-/m0/s1. The van der Waals surface area contributed by atoms with Crippen LogP contribution in [0, 0.1) is 0 Å². The number of carbonyl (C=O) groups is 1. The topological polar surface area (TPSA) is 41.1 Å². The van der Waals surface area contributed by atoms with Crippen LogP contribution in [0.3, 0.4) is 0 Å². The van der Waals surface area contributed by atoms with Gasteiger partial charge in [-0.2, -0.15) is 0 Å². The molecule has 19 heavy (non-hydrogen) atoms. The van der Waals surface area contributed by atoms with Crippen LogP contribution in [0.1, 0.15) is 39.5 Å². The molecule has 5 heteroatoms. The maximum absolute atomic E-state index is 11.8. The quantitative estimate of drug-likeness (QED) is 0.707. The second-order valence-electron chi connectivity index (χ2n) is 4.62. The van der Waals surface area contributed by atoms with Crippen molar-refractivity contribution in [1.82, 2.24) is 5.32 Å². The first-order valence-corrected chi connectivity index (χ1v) is 7.31. The van der Waals surface area contributed by atoms with E-state index in [1.807, 2.05) is 6.92 Å². The van der Waals surface area contributed by atoms with E-state index in [1.165, 1.54) is 12.8 Å². The smallest absolute Gasteiger partial charge is 0.319 e. The summed E-state index contributed by atoms with van der Waals surface area (Å²) < 4.78 is 0. The van der Waals surface area contributed by atoms with Gasteiger partial charge in [0.2, 0.25) is 0 Å². The van der Waals surface area contributed by atoms with Crippen LogP contribution >= 0.6 is 23.2 Å². The molecule has 1 rings (SSSR count). The largest absolute Gasteiger partial charge is 0.335 e. The minimum Gasteiger partial charge on any atom is -0.335 e. The van der Waals surface area contributed by atoms with Gasteiger partial charge >= 0.3 is 6.03 Å². The maximum Gasteiger partial charge on any atom is 0.319 e. The Hall–Kier alpha value is -0.930. The van der Waals surface area contributed by atoms with E-state index >= 15 is 0 Å². The highest BCUT2D eigenvalue weighted by molar-refractivity contribution is 6.42. The molecule has 0 saturated carbocycles. The molecule has 0 radical (unpaired) electrons. The van der Waals surface area contributed by atoms with Crippen molar-refractivity contribution in [2.24, 2.45) is 0 Å². The lowest BCUT2D eigenvalue weighted by Crippen LogP contribution is -2.36. The third-order valence-electron chi connectivity index (χ3n) is 2.80. The molecule has 0 fully saturated rings. The van der Waals surface area contributed by atoms with Gasteiger partial charge in [-0.05, 0) is 31.5 Å². The minimum atomic E-state index is -0.220. The van der Waals surface area contributed by atoms with E-state index in [0.29, 0.717) is 15.7 Å². The van der Waals surface area contributed by atoms with Crippen molar-refractivity contribution in [2.75, 3.05) is 5.32 Å². The highest BCUT2D eigenvalue weighted by Gasteiger charge is 2.08. The lowest BCUT2D eigenvalue weighted by atomic mass is 10.1. The van der Waals surface area contributed by atoms with E-state index in [4.69, 9.17) is 23.2 Å². The van der Waals surface area contributed by atoms with Gasteiger partial charge in [-0.15, -0.1) is 0 Å². The number of benzene rings is 1. The number of amides is 2. The summed E-state index contributed by atoms with van der Waals surface area (Å²) in [5.41, 5.74) is 0.632. The number of anilines is 1. The second-order valence-corrected chi connectivity index (χ2v) is 5.44. The molecule has 0 unspecified atom stereocenters. The van der Waals surface area contributed by atoms with Crippen LogP contribution in [0.4, 0.5) is 10.5 Å².